The van der Waals surface area contributed by atoms with Crippen molar-refractivity contribution < 1.29 is 37.1 Å². The summed E-state index contributed by atoms with van der Waals surface area (Å²) in [5, 5.41) is 18.8. The molecule has 0 unspecified atom stereocenters. The van der Waals surface area contributed by atoms with E-state index in [0.717, 1.165) is 0 Å². The van der Waals surface area contributed by atoms with Crippen LogP contribution in [0.3, 0.4) is 0 Å². The van der Waals surface area contributed by atoms with Gasteiger partial charge in [0.25, 0.3) is 11.6 Å². The first-order valence-electron chi connectivity index (χ1n) is 14.0. The first-order chi connectivity index (χ1) is 20.6. The number of alkyl halides is 3. The molecule has 0 aliphatic heterocycles. The van der Waals surface area contributed by atoms with Gasteiger partial charge in [-0.3, -0.25) is 10.1 Å². The Bertz CT molecular complexity index is 1460. The summed E-state index contributed by atoms with van der Waals surface area (Å²) in [4.78, 5) is 26.6. The number of nitro groups is 1. The van der Waals surface area contributed by atoms with Crippen LogP contribution in [0.4, 0.5) is 35.2 Å². The summed E-state index contributed by atoms with van der Waals surface area (Å²) in [6.07, 6.45) is -2.51. The van der Waals surface area contributed by atoms with Gasteiger partial charge in [0.05, 0.1) is 28.8 Å². The molecule has 1 aromatic carbocycles. The van der Waals surface area contributed by atoms with Crippen LogP contribution in [0.2, 0.25) is 0 Å². The Morgan fingerprint density at radius 2 is 1.91 bits per heavy atom. The van der Waals surface area contributed by atoms with Gasteiger partial charge in [-0.05, 0) is 58.7 Å². The summed E-state index contributed by atoms with van der Waals surface area (Å²) in [6.45, 7) is 6.80. The second kappa shape index (κ2) is 13.1. The Balaban J connectivity index is 1.41. The predicted octanol–water partition coefficient (Wildman–Crippen LogP) is 6.24. The zero-order chi connectivity index (χ0) is 32.2. The molecule has 0 bridgehead atoms. The molecule has 0 saturated heterocycles. The van der Waals surface area contributed by atoms with Crippen LogP contribution in [0.15, 0.2) is 48.7 Å². The van der Waals surface area contributed by atoms with Crippen LogP contribution in [0.25, 0.3) is 0 Å². The second-order valence-corrected chi connectivity index (χ2v) is 11.6. The highest BCUT2D eigenvalue weighted by molar-refractivity contribution is 5.64. The molecule has 1 aliphatic rings. The smallest absolute Gasteiger partial charge is 0.477 e. The molecular weight excluding hydrogens is 585 g/mol. The Morgan fingerprint density at radius 3 is 2.55 bits per heavy atom. The molecule has 1 fully saturated rings. The number of nitrogens with zero attached hydrogens (tertiary/aromatic N) is 4. The van der Waals surface area contributed by atoms with Crippen molar-refractivity contribution in [3.8, 4) is 11.6 Å². The van der Waals surface area contributed by atoms with Crippen molar-refractivity contribution in [3.63, 3.8) is 0 Å². The van der Waals surface area contributed by atoms with Crippen LogP contribution < -0.4 is 20.5 Å². The van der Waals surface area contributed by atoms with E-state index >= 15 is 0 Å². The minimum Gasteiger partial charge on any atom is -0.477 e. The lowest BCUT2D eigenvalue weighted by molar-refractivity contribution is -0.384. The number of carbonyl (C=O) groups is 1. The van der Waals surface area contributed by atoms with Gasteiger partial charge in [-0.2, -0.15) is 5.10 Å². The van der Waals surface area contributed by atoms with E-state index in [-0.39, 0.29) is 42.7 Å². The number of hydrogen-bond acceptors (Lipinski definition) is 10. The van der Waals surface area contributed by atoms with Gasteiger partial charge in [-0.1, -0.05) is 0 Å². The zero-order valence-electron chi connectivity index (χ0n) is 24.7. The van der Waals surface area contributed by atoms with Crippen LogP contribution in [-0.2, 0) is 10.3 Å². The molecular formula is C29H35F3N6O6. The normalized spacial score (nSPS) is 19.3. The van der Waals surface area contributed by atoms with Gasteiger partial charge in [0.2, 0.25) is 5.88 Å². The fourth-order valence-electron chi connectivity index (χ4n) is 4.62. The number of aromatic nitrogens is 3. The molecule has 15 heteroatoms. The highest BCUT2D eigenvalue weighted by Gasteiger charge is 2.40. The summed E-state index contributed by atoms with van der Waals surface area (Å²) < 4.78 is 60.1. The van der Waals surface area contributed by atoms with Crippen LogP contribution in [0.5, 0.6) is 11.6 Å². The molecule has 2 aromatic heterocycles. The van der Waals surface area contributed by atoms with E-state index in [9.17, 15) is 28.1 Å². The Morgan fingerprint density at radius 1 is 1.20 bits per heavy atom. The third kappa shape index (κ3) is 8.15. The number of anilines is 2. The number of carbonyl (C=O) groups excluding carboxylic acids is 1. The van der Waals surface area contributed by atoms with Crippen molar-refractivity contribution in [2.75, 3.05) is 11.9 Å². The van der Waals surface area contributed by atoms with Crippen molar-refractivity contribution in [3.05, 3.63) is 64.5 Å². The summed E-state index contributed by atoms with van der Waals surface area (Å²) in [7, 11) is 0. The van der Waals surface area contributed by atoms with Gasteiger partial charge in [-0.25, -0.2) is 27.6 Å². The quantitative estimate of drug-likeness (QED) is 0.109. The van der Waals surface area contributed by atoms with Crippen molar-refractivity contribution in [1.29, 1.82) is 0 Å². The second-order valence-electron chi connectivity index (χ2n) is 11.6. The maximum absolute atomic E-state index is 15.0. The van der Waals surface area contributed by atoms with Crippen LogP contribution >= 0.6 is 0 Å². The third-order valence-corrected chi connectivity index (χ3v) is 7.07. The molecule has 0 radical (unpaired) electrons. The number of rotatable bonds is 11. The number of hydrogen-bond donors (Lipinski definition) is 2. The number of nitro benzene ring substituents is 1. The number of halogens is 3. The lowest BCUT2D eigenvalue weighted by Gasteiger charge is -2.23. The number of nitrogens with one attached hydrogen (secondary N) is 1. The first-order valence-corrected chi connectivity index (χ1v) is 14.0. The standard InChI is InChI=1S/C29H35F3N6O6/c1-17(33)29(31,32)10-12-42-26-15-19(9-11-34-26)35-25-16-23(36-37(25)28(2,3)4)18-13-22(30)24(14-18)44-27(39)43-21-7-5-20(6-8-21)38(40)41/h5-9,11,15-18,22,24H,10,12-14,33H2,1-4H3,(H,34,35)/t17-,18-,22+,24-/m0/s1. The molecule has 0 amide bonds. The maximum Gasteiger partial charge on any atom is 0.514 e. The highest BCUT2D eigenvalue weighted by Crippen LogP contribution is 2.40. The molecule has 44 heavy (non-hydrogen) atoms. The Hall–Kier alpha value is -4.40. The van der Waals surface area contributed by atoms with E-state index in [1.54, 1.807) is 22.9 Å². The van der Waals surface area contributed by atoms with Crippen molar-refractivity contribution >= 4 is 23.3 Å². The lowest BCUT2D eigenvalue weighted by atomic mass is 10.0. The average molecular weight is 621 g/mol. The fraction of sp³-hybridized carbons (Fsp3) is 0.483. The molecule has 4 rings (SSSR count). The summed E-state index contributed by atoms with van der Waals surface area (Å²) in [5.41, 5.74) is 5.83. The third-order valence-electron chi connectivity index (χ3n) is 7.07. The molecule has 3 N–H and O–H groups in total. The maximum atomic E-state index is 15.0. The lowest BCUT2D eigenvalue weighted by Crippen LogP contribution is -2.39. The average Bonchev–Trinajstić information content (AvgIpc) is 3.52. The van der Waals surface area contributed by atoms with E-state index in [1.807, 2.05) is 20.8 Å². The van der Waals surface area contributed by atoms with Crippen molar-refractivity contribution in [1.82, 2.24) is 14.8 Å². The number of pyridine rings is 1. The fourth-order valence-corrected chi connectivity index (χ4v) is 4.62. The van der Waals surface area contributed by atoms with Crippen molar-refractivity contribution in [2.45, 2.75) is 82.7 Å². The topological polar surface area (TPSA) is 157 Å². The molecule has 0 spiro atoms. The first kappa shape index (κ1) is 32.5. The van der Waals surface area contributed by atoms with Gasteiger partial charge >= 0.3 is 6.16 Å². The van der Waals surface area contributed by atoms with Crippen LogP contribution in [-0.4, -0.2) is 56.7 Å². The van der Waals surface area contributed by atoms with Gasteiger partial charge in [0.1, 0.15) is 23.8 Å². The Kier molecular flexibility index (Phi) is 9.66. The Labute approximate surface area is 251 Å². The predicted molar refractivity (Wildman–Crippen MR) is 154 cm³/mol. The minimum atomic E-state index is -3.07. The summed E-state index contributed by atoms with van der Waals surface area (Å²) in [5.74, 6) is -2.67. The highest BCUT2D eigenvalue weighted by atomic mass is 19.3. The van der Waals surface area contributed by atoms with Crippen LogP contribution in [0, 0.1) is 10.1 Å². The van der Waals surface area contributed by atoms with E-state index in [4.69, 9.17) is 25.0 Å². The minimum absolute atomic E-state index is 0.0259. The SMILES string of the molecule is C[C@H](N)C(F)(F)CCOc1cc(Nc2cc([C@H]3C[C@@H](F)[C@@H](OC(=O)Oc4ccc([N+](=O)[O-])cc4)C3)nn2C(C)(C)C)ccn1. The molecule has 238 valence electrons. The molecule has 4 atom stereocenters. The van der Waals surface area contributed by atoms with Crippen molar-refractivity contribution in [2.24, 2.45) is 5.73 Å². The van der Waals surface area contributed by atoms with Gasteiger partial charge < -0.3 is 25.3 Å². The van der Waals surface area contributed by atoms with Gasteiger partial charge in [-0.15, -0.1) is 0 Å². The molecule has 12 nitrogen and oxygen atoms in total. The zero-order valence-corrected chi connectivity index (χ0v) is 24.7. The van der Waals surface area contributed by atoms with E-state index in [2.05, 4.69) is 10.3 Å². The summed E-state index contributed by atoms with van der Waals surface area (Å²) in [6, 6.07) is 8.57. The molecule has 2 heterocycles. The molecule has 3 aromatic rings. The van der Waals surface area contributed by atoms with E-state index < -0.39 is 47.3 Å². The number of non-ortho nitro benzene ring substituents is 1. The monoisotopic (exact) mass is 620 g/mol. The number of nitrogens with two attached hydrogens (primary N) is 1. The number of benzene rings is 1. The number of ether oxygens (including phenoxy) is 3. The summed E-state index contributed by atoms with van der Waals surface area (Å²) >= 11 is 0. The molecule has 1 aliphatic carbocycles. The molecule has 1 saturated carbocycles. The van der Waals surface area contributed by atoms with Gasteiger partial charge in [0.15, 0.2) is 0 Å². The van der Waals surface area contributed by atoms with Crippen LogP contribution in [0.1, 0.15) is 58.6 Å². The largest absolute Gasteiger partial charge is 0.514 e. The van der Waals surface area contributed by atoms with E-state index in [1.165, 1.54) is 37.4 Å². The van der Waals surface area contributed by atoms with Gasteiger partial charge in [0, 0.05) is 48.5 Å². The van der Waals surface area contributed by atoms with E-state index in [0.29, 0.717) is 17.2 Å².